The Balaban J connectivity index is 1.66. The number of benzene rings is 2. The number of nitrogens with one attached hydrogen (secondary N) is 1. The molecular formula is C23H33N3O3. The number of hydrogen-bond donors (Lipinski definition) is 2. The molecule has 2 N–H and O–H groups in total. The number of rotatable bonds is 13. The Hall–Kier alpha value is -2.41. The van der Waals surface area contributed by atoms with Gasteiger partial charge in [-0.15, -0.1) is 0 Å². The molecule has 6 heteroatoms. The van der Waals surface area contributed by atoms with Crippen LogP contribution < -0.4 is 10.1 Å². The molecule has 0 fully saturated rings. The number of para-hydroxylation sites is 1. The van der Waals surface area contributed by atoms with Crippen LogP contribution in [0.15, 0.2) is 54.6 Å². The van der Waals surface area contributed by atoms with Crippen LogP contribution in [0.25, 0.3) is 0 Å². The third-order valence-electron chi connectivity index (χ3n) is 4.56. The summed E-state index contributed by atoms with van der Waals surface area (Å²) in [4.78, 5) is 16.6. The van der Waals surface area contributed by atoms with E-state index in [1.165, 1.54) is 0 Å². The van der Waals surface area contributed by atoms with Crippen molar-refractivity contribution in [2.75, 3.05) is 52.2 Å². The van der Waals surface area contributed by atoms with E-state index in [0.29, 0.717) is 6.54 Å². The summed E-state index contributed by atoms with van der Waals surface area (Å²) < 4.78 is 5.76. The quantitative estimate of drug-likeness (QED) is 0.505. The number of carbonyl (C=O) groups excluding carboxylic acids is 1. The molecule has 1 amide bonds. The lowest BCUT2D eigenvalue weighted by Crippen LogP contribution is -2.32. The normalized spacial score (nSPS) is 11.1. The minimum atomic E-state index is -0.0273. The summed E-state index contributed by atoms with van der Waals surface area (Å²) in [5.41, 5.74) is 0.757. The van der Waals surface area contributed by atoms with Crippen LogP contribution in [0.5, 0.6) is 11.5 Å². The largest absolute Gasteiger partial charge is 0.457 e. The van der Waals surface area contributed by atoms with Crippen molar-refractivity contribution < 1.29 is 14.6 Å². The number of likely N-dealkylation sites (N-methyl/N-ethyl adjacent to an activating group) is 1. The molecule has 6 nitrogen and oxygen atoms in total. The van der Waals surface area contributed by atoms with Crippen molar-refractivity contribution in [3.8, 4) is 11.5 Å². The van der Waals surface area contributed by atoms with Crippen molar-refractivity contribution in [3.05, 3.63) is 54.6 Å². The van der Waals surface area contributed by atoms with Gasteiger partial charge in [0.2, 0.25) is 5.91 Å². The topological polar surface area (TPSA) is 65.0 Å². The van der Waals surface area contributed by atoms with Gasteiger partial charge in [0.1, 0.15) is 11.5 Å². The van der Waals surface area contributed by atoms with E-state index in [0.717, 1.165) is 56.1 Å². The van der Waals surface area contributed by atoms with Gasteiger partial charge >= 0.3 is 0 Å². The Morgan fingerprint density at radius 2 is 1.48 bits per heavy atom. The third kappa shape index (κ3) is 9.56. The van der Waals surface area contributed by atoms with E-state index in [1.54, 1.807) is 0 Å². The molecule has 0 saturated heterocycles. The van der Waals surface area contributed by atoms with E-state index >= 15 is 0 Å². The van der Waals surface area contributed by atoms with Crippen LogP contribution in [0.1, 0.15) is 19.3 Å². The van der Waals surface area contributed by atoms with Gasteiger partial charge in [-0.25, -0.2) is 0 Å². The molecular weight excluding hydrogens is 366 g/mol. The molecule has 0 spiro atoms. The molecule has 2 aromatic carbocycles. The Labute approximate surface area is 174 Å². The van der Waals surface area contributed by atoms with Gasteiger partial charge in [-0.05, 0) is 89.4 Å². The summed E-state index contributed by atoms with van der Waals surface area (Å²) in [5.74, 6) is 1.49. The summed E-state index contributed by atoms with van der Waals surface area (Å²) in [6.07, 6.45) is 2.87. The number of anilines is 1. The lowest BCUT2D eigenvalue weighted by Gasteiger charge is -2.20. The number of unbranched alkanes of at least 4 members (excludes halogenated alkanes) is 1. The van der Waals surface area contributed by atoms with Crippen LogP contribution in [-0.2, 0) is 4.79 Å². The molecule has 29 heavy (non-hydrogen) atoms. The fraction of sp³-hybridized carbons (Fsp3) is 0.435. The van der Waals surface area contributed by atoms with Crippen LogP contribution in [0.3, 0.4) is 0 Å². The fourth-order valence-electron chi connectivity index (χ4n) is 2.97. The van der Waals surface area contributed by atoms with Gasteiger partial charge in [-0.1, -0.05) is 18.2 Å². The number of nitrogens with zero attached hydrogens (tertiary/aromatic N) is 2. The lowest BCUT2D eigenvalue weighted by molar-refractivity contribution is -0.117. The number of aliphatic hydroxyl groups is 1. The highest BCUT2D eigenvalue weighted by Crippen LogP contribution is 2.22. The van der Waals surface area contributed by atoms with Gasteiger partial charge in [0.25, 0.3) is 0 Å². The minimum Gasteiger partial charge on any atom is -0.457 e. The van der Waals surface area contributed by atoms with Crippen LogP contribution >= 0.6 is 0 Å². The fourth-order valence-corrected chi connectivity index (χ4v) is 2.97. The smallest absolute Gasteiger partial charge is 0.238 e. The maximum absolute atomic E-state index is 12.3. The second-order valence-electron chi connectivity index (χ2n) is 7.31. The maximum atomic E-state index is 12.3. The molecule has 0 unspecified atom stereocenters. The standard InChI is InChI=1S/C23H33N3O3/c1-25(15-6-7-18-27)16-8-17-26(2)19-23(28)24-20-11-13-22(14-12-20)29-21-9-4-3-5-10-21/h3-5,9-14,27H,6-8,15-19H2,1-2H3,(H,24,28). The zero-order valence-electron chi connectivity index (χ0n) is 17.5. The molecule has 0 saturated carbocycles. The zero-order valence-corrected chi connectivity index (χ0v) is 17.5. The number of ether oxygens (including phenoxy) is 1. The van der Waals surface area contributed by atoms with Crippen LogP contribution in [0.4, 0.5) is 5.69 Å². The van der Waals surface area contributed by atoms with Crippen molar-refractivity contribution in [1.29, 1.82) is 0 Å². The second-order valence-corrected chi connectivity index (χ2v) is 7.31. The minimum absolute atomic E-state index is 0.0273. The van der Waals surface area contributed by atoms with Gasteiger partial charge in [-0.2, -0.15) is 0 Å². The molecule has 2 rings (SSSR count). The summed E-state index contributed by atoms with van der Waals surface area (Å²) >= 11 is 0. The Morgan fingerprint density at radius 3 is 2.17 bits per heavy atom. The molecule has 2 aromatic rings. The number of aliphatic hydroxyl groups excluding tert-OH is 1. The average Bonchev–Trinajstić information content (AvgIpc) is 2.70. The van der Waals surface area contributed by atoms with Crippen molar-refractivity contribution in [3.63, 3.8) is 0 Å². The number of hydrogen-bond acceptors (Lipinski definition) is 5. The van der Waals surface area contributed by atoms with Gasteiger partial charge in [0, 0.05) is 12.3 Å². The third-order valence-corrected chi connectivity index (χ3v) is 4.56. The van der Waals surface area contributed by atoms with Crippen molar-refractivity contribution >= 4 is 11.6 Å². The molecule has 0 radical (unpaired) electrons. The van der Waals surface area contributed by atoms with E-state index in [-0.39, 0.29) is 12.5 Å². The van der Waals surface area contributed by atoms with E-state index in [4.69, 9.17) is 9.84 Å². The maximum Gasteiger partial charge on any atom is 0.238 e. The van der Waals surface area contributed by atoms with Crippen LogP contribution in [0, 0.1) is 0 Å². The monoisotopic (exact) mass is 399 g/mol. The number of amides is 1. The SMILES string of the molecule is CN(CCCCO)CCCN(C)CC(=O)Nc1ccc(Oc2ccccc2)cc1. The van der Waals surface area contributed by atoms with Crippen molar-refractivity contribution in [2.45, 2.75) is 19.3 Å². The van der Waals surface area contributed by atoms with Gasteiger partial charge in [-0.3, -0.25) is 9.69 Å². The average molecular weight is 400 g/mol. The Morgan fingerprint density at radius 1 is 0.862 bits per heavy atom. The van der Waals surface area contributed by atoms with E-state index < -0.39 is 0 Å². The van der Waals surface area contributed by atoms with Crippen molar-refractivity contribution in [1.82, 2.24) is 9.80 Å². The highest BCUT2D eigenvalue weighted by atomic mass is 16.5. The zero-order chi connectivity index (χ0) is 20.9. The summed E-state index contributed by atoms with van der Waals surface area (Å²) in [6, 6.07) is 17.0. The van der Waals surface area contributed by atoms with Gasteiger partial charge in [0.05, 0.1) is 6.54 Å². The van der Waals surface area contributed by atoms with Crippen LogP contribution in [0.2, 0.25) is 0 Å². The van der Waals surface area contributed by atoms with E-state index in [2.05, 4.69) is 17.3 Å². The molecule has 0 aromatic heterocycles. The molecule has 0 atom stereocenters. The first-order chi connectivity index (χ1) is 14.1. The van der Waals surface area contributed by atoms with Gasteiger partial charge < -0.3 is 20.1 Å². The predicted molar refractivity (Wildman–Crippen MR) is 118 cm³/mol. The Kier molecular flexibility index (Phi) is 10.2. The van der Waals surface area contributed by atoms with Gasteiger partial charge in [0.15, 0.2) is 0 Å². The molecule has 0 aliphatic heterocycles. The van der Waals surface area contributed by atoms with Crippen LogP contribution in [-0.4, -0.2) is 67.7 Å². The molecule has 0 bridgehead atoms. The first kappa shape index (κ1) is 22.9. The predicted octanol–water partition coefficient (Wildman–Crippen LogP) is 3.44. The molecule has 0 heterocycles. The summed E-state index contributed by atoms with van der Waals surface area (Å²) in [5, 5.41) is 11.7. The van der Waals surface area contributed by atoms with E-state index in [1.807, 2.05) is 66.5 Å². The molecule has 0 aliphatic rings. The lowest BCUT2D eigenvalue weighted by atomic mass is 10.3. The van der Waals surface area contributed by atoms with Crippen molar-refractivity contribution in [2.24, 2.45) is 0 Å². The first-order valence-corrected chi connectivity index (χ1v) is 10.2. The highest BCUT2D eigenvalue weighted by Gasteiger charge is 2.08. The second kappa shape index (κ2) is 12.9. The Bertz CT molecular complexity index is 707. The number of carbonyl (C=O) groups is 1. The van der Waals surface area contributed by atoms with E-state index in [9.17, 15) is 4.79 Å². The summed E-state index contributed by atoms with van der Waals surface area (Å²) in [6.45, 7) is 3.46. The molecule has 0 aliphatic carbocycles. The highest BCUT2D eigenvalue weighted by molar-refractivity contribution is 5.92. The summed E-state index contributed by atoms with van der Waals surface area (Å²) in [7, 11) is 4.05. The molecule has 158 valence electrons. The first-order valence-electron chi connectivity index (χ1n) is 10.2.